The van der Waals surface area contributed by atoms with Gasteiger partial charge in [0.05, 0.1) is 13.2 Å². The molecule has 0 bridgehead atoms. The Labute approximate surface area is 108 Å². The Hall–Kier alpha value is -1.68. The summed E-state index contributed by atoms with van der Waals surface area (Å²) in [5, 5.41) is 2.82. The Morgan fingerprint density at radius 3 is 2.83 bits per heavy atom. The third kappa shape index (κ3) is 6.81. The summed E-state index contributed by atoms with van der Waals surface area (Å²) in [4.78, 5) is 15.4. The van der Waals surface area contributed by atoms with Crippen LogP contribution in [0.1, 0.15) is 18.9 Å². The van der Waals surface area contributed by atoms with Crippen molar-refractivity contribution in [1.29, 1.82) is 0 Å². The third-order valence-corrected chi connectivity index (χ3v) is 2.31. The highest BCUT2D eigenvalue weighted by atomic mass is 16.5. The second-order valence-electron chi connectivity index (χ2n) is 4.22. The first-order chi connectivity index (χ1) is 8.68. The summed E-state index contributed by atoms with van der Waals surface area (Å²) in [5.74, 6) is 0.0470. The fourth-order valence-electron chi connectivity index (χ4n) is 1.40. The van der Waals surface area contributed by atoms with Gasteiger partial charge in [-0.1, -0.05) is 12.2 Å². The summed E-state index contributed by atoms with van der Waals surface area (Å²) in [7, 11) is 0. The van der Waals surface area contributed by atoms with Crippen LogP contribution in [0.2, 0.25) is 0 Å². The molecule has 1 N–H and O–H groups in total. The van der Waals surface area contributed by atoms with Crippen LogP contribution in [0.15, 0.2) is 36.7 Å². The van der Waals surface area contributed by atoms with Crippen molar-refractivity contribution in [1.82, 2.24) is 10.3 Å². The molecule has 0 unspecified atom stereocenters. The largest absolute Gasteiger partial charge is 0.375 e. The first kappa shape index (κ1) is 14.4. The molecule has 0 aliphatic carbocycles. The van der Waals surface area contributed by atoms with Gasteiger partial charge in [0.15, 0.2) is 0 Å². The molecule has 1 aromatic rings. The van der Waals surface area contributed by atoms with Gasteiger partial charge in [-0.05, 0) is 31.0 Å². The highest BCUT2D eigenvalue weighted by Gasteiger charge is 2.01. The molecular weight excluding hydrogens is 228 g/mol. The van der Waals surface area contributed by atoms with Crippen molar-refractivity contribution in [3.05, 3.63) is 42.2 Å². The van der Waals surface area contributed by atoms with Gasteiger partial charge in [-0.15, -0.1) is 0 Å². The maximum atomic E-state index is 11.5. The van der Waals surface area contributed by atoms with Gasteiger partial charge in [-0.3, -0.25) is 9.78 Å². The van der Waals surface area contributed by atoms with Crippen LogP contribution in [0.4, 0.5) is 0 Å². The van der Waals surface area contributed by atoms with Crippen molar-refractivity contribution in [3.63, 3.8) is 0 Å². The number of carbonyl (C=O) groups is 1. The molecule has 0 aliphatic rings. The van der Waals surface area contributed by atoms with E-state index in [-0.39, 0.29) is 5.91 Å². The van der Waals surface area contributed by atoms with Crippen LogP contribution < -0.4 is 5.32 Å². The maximum Gasteiger partial charge on any atom is 0.220 e. The molecule has 0 saturated carbocycles. The average Bonchev–Trinajstić information content (AvgIpc) is 2.37. The number of amides is 1. The Balaban J connectivity index is 2.06. The zero-order valence-electron chi connectivity index (χ0n) is 10.8. The molecule has 1 aromatic heterocycles. The van der Waals surface area contributed by atoms with Gasteiger partial charge in [-0.25, -0.2) is 0 Å². The minimum Gasteiger partial charge on any atom is -0.375 e. The summed E-state index contributed by atoms with van der Waals surface area (Å²) >= 11 is 0. The molecule has 0 fully saturated rings. The molecule has 0 saturated heterocycles. The van der Waals surface area contributed by atoms with Crippen molar-refractivity contribution >= 4 is 5.91 Å². The number of aromatic nitrogens is 1. The van der Waals surface area contributed by atoms with E-state index >= 15 is 0 Å². The van der Waals surface area contributed by atoms with E-state index in [1.165, 1.54) is 0 Å². The van der Waals surface area contributed by atoms with Crippen LogP contribution in [0.25, 0.3) is 0 Å². The van der Waals surface area contributed by atoms with Gasteiger partial charge in [0.1, 0.15) is 0 Å². The summed E-state index contributed by atoms with van der Waals surface area (Å²) in [6, 6.07) is 3.84. The molecule has 0 aliphatic heterocycles. The van der Waals surface area contributed by atoms with E-state index in [0.29, 0.717) is 26.2 Å². The van der Waals surface area contributed by atoms with Crippen molar-refractivity contribution in [2.24, 2.45) is 0 Å². The molecule has 0 aromatic carbocycles. The van der Waals surface area contributed by atoms with E-state index in [0.717, 1.165) is 17.6 Å². The number of hydrogen-bond donors (Lipinski definition) is 1. The molecule has 18 heavy (non-hydrogen) atoms. The minimum absolute atomic E-state index is 0.0470. The van der Waals surface area contributed by atoms with E-state index in [1.807, 2.05) is 19.1 Å². The predicted molar refractivity (Wildman–Crippen MR) is 71.2 cm³/mol. The number of pyridine rings is 1. The molecule has 98 valence electrons. The van der Waals surface area contributed by atoms with E-state index in [1.54, 1.807) is 12.4 Å². The normalized spacial score (nSPS) is 10.1. The number of hydrogen-bond acceptors (Lipinski definition) is 3. The third-order valence-electron chi connectivity index (χ3n) is 2.31. The van der Waals surface area contributed by atoms with Gasteiger partial charge in [0, 0.05) is 25.4 Å². The number of rotatable bonds is 8. The second kappa shape index (κ2) is 8.42. The van der Waals surface area contributed by atoms with Gasteiger partial charge >= 0.3 is 0 Å². The lowest BCUT2D eigenvalue weighted by atomic mass is 10.1. The molecule has 0 spiro atoms. The lowest BCUT2D eigenvalue weighted by Gasteiger charge is -2.06. The van der Waals surface area contributed by atoms with Crippen molar-refractivity contribution in [3.8, 4) is 0 Å². The first-order valence-electron chi connectivity index (χ1n) is 6.06. The average molecular weight is 248 g/mol. The maximum absolute atomic E-state index is 11.5. The molecule has 1 heterocycles. The van der Waals surface area contributed by atoms with Crippen LogP contribution in [0, 0.1) is 0 Å². The van der Waals surface area contributed by atoms with Crippen LogP contribution in [-0.4, -0.2) is 30.6 Å². The molecule has 1 amide bonds. The summed E-state index contributed by atoms with van der Waals surface area (Å²) < 4.78 is 5.29. The quantitative estimate of drug-likeness (QED) is 0.563. The molecule has 0 atom stereocenters. The van der Waals surface area contributed by atoms with Crippen LogP contribution in [0.5, 0.6) is 0 Å². The fraction of sp³-hybridized carbons (Fsp3) is 0.429. The zero-order valence-corrected chi connectivity index (χ0v) is 10.8. The van der Waals surface area contributed by atoms with E-state index in [9.17, 15) is 4.79 Å². The van der Waals surface area contributed by atoms with Crippen molar-refractivity contribution < 1.29 is 9.53 Å². The molecular formula is C14H20N2O2. The Kier molecular flexibility index (Phi) is 6.72. The smallest absolute Gasteiger partial charge is 0.220 e. The van der Waals surface area contributed by atoms with Crippen LogP contribution in [0.3, 0.4) is 0 Å². The van der Waals surface area contributed by atoms with E-state index < -0.39 is 0 Å². The lowest BCUT2D eigenvalue weighted by molar-refractivity contribution is -0.121. The topological polar surface area (TPSA) is 51.2 Å². The van der Waals surface area contributed by atoms with Gasteiger partial charge in [0.2, 0.25) is 5.91 Å². The molecule has 0 radical (unpaired) electrons. The Morgan fingerprint density at radius 2 is 2.17 bits per heavy atom. The standard InChI is InChI=1S/C14H20N2O2/c1-12(2)11-18-10-9-16-14(17)4-3-13-5-7-15-8-6-13/h5-8H,1,3-4,9-11H2,2H3,(H,16,17). The van der Waals surface area contributed by atoms with E-state index in [4.69, 9.17) is 4.74 Å². The summed E-state index contributed by atoms with van der Waals surface area (Å²) in [6.45, 7) is 7.26. The minimum atomic E-state index is 0.0470. The Bertz CT molecular complexity index is 377. The van der Waals surface area contributed by atoms with E-state index in [2.05, 4.69) is 16.9 Å². The summed E-state index contributed by atoms with van der Waals surface area (Å²) in [5.41, 5.74) is 2.11. The van der Waals surface area contributed by atoms with Crippen LogP contribution >= 0.6 is 0 Å². The predicted octanol–water partition coefficient (Wildman–Crippen LogP) is 1.72. The van der Waals surface area contributed by atoms with Gasteiger partial charge < -0.3 is 10.1 Å². The monoisotopic (exact) mass is 248 g/mol. The van der Waals surface area contributed by atoms with Crippen LogP contribution in [-0.2, 0) is 16.0 Å². The lowest BCUT2D eigenvalue weighted by Crippen LogP contribution is -2.27. The number of aryl methyl sites for hydroxylation is 1. The number of nitrogens with one attached hydrogen (secondary N) is 1. The number of carbonyl (C=O) groups excluding carboxylic acids is 1. The van der Waals surface area contributed by atoms with Gasteiger partial charge in [0.25, 0.3) is 0 Å². The highest BCUT2D eigenvalue weighted by Crippen LogP contribution is 2.00. The highest BCUT2D eigenvalue weighted by molar-refractivity contribution is 5.76. The molecule has 4 heteroatoms. The fourth-order valence-corrected chi connectivity index (χ4v) is 1.40. The Morgan fingerprint density at radius 1 is 1.44 bits per heavy atom. The van der Waals surface area contributed by atoms with Gasteiger partial charge in [-0.2, -0.15) is 0 Å². The molecule has 1 rings (SSSR count). The number of nitrogens with zero attached hydrogens (tertiary/aromatic N) is 1. The van der Waals surface area contributed by atoms with Crippen molar-refractivity contribution in [2.75, 3.05) is 19.8 Å². The first-order valence-corrected chi connectivity index (χ1v) is 6.06. The number of ether oxygens (including phenoxy) is 1. The zero-order chi connectivity index (χ0) is 13.2. The van der Waals surface area contributed by atoms with Crippen molar-refractivity contribution in [2.45, 2.75) is 19.8 Å². The molecule has 4 nitrogen and oxygen atoms in total. The summed E-state index contributed by atoms with van der Waals surface area (Å²) in [6.07, 6.45) is 4.70. The second-order valence-corrected chi connectivity index (χ2v) is 4.22. The SMILES string of the molecule is C=C(C)COCCNC(=O)CCc1ccncc1.